The molecule has 29 heavy (non-hydrogen) atoms. The number of carbonyl (C=O) groups excluding carboxylic acids is 1. The standard InChI is InChI=1S/C21H27FN2O5/c1-21(2,3)29-20(27)24-11-13(19(25)26)6-5-7-15-16-10-14(28-4)8-9-18(16)23-12-17(15)22/h8-10,12-13H,5-7,11H2,1-4H3,(H,24,27)(H,25,26)/t13-/m0/s1. The summed E-state index contributed by atoms with van der Waals surface area (Å²) in [6.07, 6.45) is 1.55. The van der Waals surface area contributed by atoms with Crippen LogP contribution in [-0.4, -0.2) is 41.4 Å². The molecule has 2 aromatic rings. The summed E-state index contributed by atoms with van der Waals surface area (Å²) in [6, 6.07) is 5.22. The molecule has 7 nitrogen and oxygen atoms in total. The van der Waals surface area contributed by atoms with Gasteiger partial charge >= 0.3 is 12.1 Å². The van der Waals surface area contributed by atoms with Gasteiger partial charge < -0.3 is 19.9 Å². The number of nitrogens with one attached hydrogen (secondary N) is 1. The van der Waals surface area contributed by atoms with Crippen LogP contribution >= 0.6 is 0 Å². The SMILES string of the molecule is COc1ccc2ncc(F)c(CCC[C@@H](CNC(=O)OC(C)(C)C)C(=O)O)c2c1. The molecule has 1 atom stereocenters. The largest absolute Gasteiger partial charge is 0.497 e. The van der Waals surface area contributed by atoms with E-state index in [1.165, 1.54) is 13.3 Å². The van der Waals surface area contributed by atoms with Crippen molar-refractivity contribution in [1.82, 2.24) is 10.3 Å². The molecule has 158 valence electrons. The number of amides is 1. The van der Waals surface area contributed by atoms with E-state index in [0.29, 0.717) is 35.1 Å². The predicted molar refractivity (Wildman–Crippen MR) is 107 cm³/mol. The number of hydrogen-bond acceptors (Lipinski definition) is 5. The molecule has 0 unspecified atom stereocenters. The van der Waals surface area contributed by atoms with E-state index < -0.39 is 29.4 Å². The van der Waals surface area contributed by atoms with Crippen molar-refractivity contribution in [2.75, 3.05) is 13.7 Å². The molecular formula is C21H27FN2O5. The van der Waals surface area contributed by atoms with Crippen LogP contribution in [0.25, 0.3) is 10.9 Å². The Morgan fingerprint density at radius 2 is 2.03 bits per heavy atom. The number of aromatic nitrogens is 1. The zero-order chi connectivity index (χ0) is 21.6. The zero-order valence-electron chi connectivity index (χ0n) is 17.1. The number of alkyl carbamates (subject to hydrolysis) is 1. The van der Waals surface area contributed by atoms with E-state index in [2.05, 4.69) is 10.3 Å². The van der Waals surface area contributed by atoms with Crippen molar-refractivity contribution < 1.29 is 28.6 Å². The Morgan fingerprint density at radius 1 is 1.31 bits per heavy atom. The summed E-state index contributed by atoms with van der Waals surface area (Å²) in [5.41, 5.74) is 0.450. The van der Waals surface area contributed by atoms with Gasteiger partial charge in [-0.1, -0.05) is 0 Å². The average molecular weight is 406 g/mol. The number of rotatable bonds is 8. The number of methoxy groups -OCH3 is 1. The summed E-state index contributed by atoms with van der Waals surface area (Å²) >= 11 is 0. The molecule has 1 heterocycles. The normalized spacial score (nSPS) is 12.4. The number of nitrogens with zero attached hydrogens (tertiary/aromatic N) is 1. The van der Waals surface area contributed by atoms with Gasteiger partial charge in [-0.05, 0) is 63.8 Å². The number of pyridine rings is 1. The fourth-order valence-electron chi connectivity index (χ4n) is 2.94. The second-order valence-electron chi connectivity index (χ2n) is 7.78. The molecule has 2 N–H and O–H groups in total. The molecule has 8 heteroatoms. The van der Waals surface area contributed by atoms with Crippen molar-refractivity contribution in [3.63, 3.8) is 0 Å². The molecule has 0 radical (unpaired) electrons. The van der Waals surface area contributed by atoms with Gasteiger partial charge in [0.2, 0.25) is 0 Å². The lowest BCUT2D eigenvalue weighted by Crippen LogP contribution is -2.37. The van der Waals surface area contributed by atoms with Gasteiger partial charge in [-0.15, -0.1) is 0 Å². The van der Waals surface area contributed by atoms with Crippen LogP contribution in [0.3, 0.4) is 0 Å². The van der Waals surface area contributed by atoms with E-state index in [1.807, 2.05) is 0 Å². The minimum absolute atomic E-state index is 0.0579. The van der Waals surface area contributed by atoms with Crippen LogP contribution in [0, 0.1) is 11.7 Å². The lowest BCUT2D eigenvalue weighted by molar-refractivity contribution is -0.141. The van der Waals surface area contributed by atoms with Crippen LogP contribution in [0.5, 0.6) is 5.75 Å². The molecule has 2 rings (SSSR count). The summed E-state index contributed by atoms with van der Waals surface area (Å²) in [6.45, 7) is 5.12. The number of fused-ring (bicyclic) bond motifs is 1. The first-order valence-corrected chi connectivity index (χ1v) is 9.41. The van der Waals surface area contributed by atoms with Crippen LogP contribution < -0.4 is 10.1 Å². The lowest BCUT2D eigenvalue weighted by atomic mass is 9.97. The lowest BCUT2D eigenvalue weighted by Gasteiger charge is -2.21. The summed E-state index contributed by atoms with van der Waals surface area (Å²) in [5, 5.41) is 12.5. The molecular weight excluding hydrogens is 379 g/mol. The molecule has 0 saturated heterocycles. The van der Waals surface area contributed by atoms with E-state index in [-0.39, 0.29) is 13.0 Å². The quantitative estimate of drug-likeness (QED) is 0.689. The molecule has 0 aliphatic rings. The first kappa shape index (κ1) is 22.4. The Hall–Kier alpha value is -2.90. The minimum atomic E-state index is -1.03. The zero-order valence-corrected chi connectivity index (χ0v) is 17.1. The van der Waals surface area contributed by atoms with Crippen LogP contribution in [0.15, 0.2) is 24.4 Å². The number of hydrogen-bond donors (Lipinski definition) is 2. The Bertz CT molecular complexity index is 879. The van der Waals surface area contributed by atoms with Crippen LogP contribution in [0.2, 0.25) is 0 Å². The maximum atomic E-state index is 14.4. The summed E-state index contributed by atoms with van der Waals surface area (Å²) in [5.74, 6) is -1.67. The number of benzene rings is 1. The van der Waals surface area contributed by atoms with E-state index in [0.717, 1.165) is 0 Å². The third-order valence-corrected chi connectivity index (χ3v) is 4.35. The summed E-state index contributed by atoms with van der Waals surface area (Å²) < 4.78 is 24.7. The van der Waals surface area contributed by atoms with Crippen LogP contribution in [-0.2, 0) is 16.0 Å². The van der Waals surface area contributed by atoms with Gasteiger partial charge in [0.25, 0.3) is 0 Å². The maximum Gasteiger partial charge on any atom is 0.407 e. The smallest absolute Gasteiger partial charge is 0.407 e. The van der Waals surface area contributed by atoms with Gasteiger partial charge in [0.15, 0.2) is 0 Å². The van der Waals surface area contributed by atoms with Gasteiger partial charge in [0, 0.05) is 11.9 Å². The molecule has 0 spiro atoms. The second-order valence-corrected chi connectivity index (χ2v) is 7.78. The van der Waals surface area contributed by atoms with E-state index in [4.69, 9.17) is 9.47 Å². The van der Waals surface area contributed by atoms with Gasteiger partial charge in [-0.3, -0.25) is 9.78 Å². The van der Waals surface area contributed by atoms with Gasteiger partial charge in [-0.25, -0.2) is 9.18 Å². The topological polar surface area (TPSA) is 97.8 Å². The molecule has 0 saturated carbocycles. The highest BCUT2D eigenvalue weighted by Crippen LogP contribution is 2.26. The number of carbonyl (C=O) groups is 2. The average Bonchev–Trinajstić information content (AvgIpc) is 2.63. The molecule has 0 aliphatic heterocycles. The van der Waals surface area contributed by atoms with Crippen molar-refractivity contribution in [3.8, 4) is 5.75 Å². The summed E-state index contributed by atoms with van der Waals surface area (Å²) in [4.78, 5) is 27.3. The van der Waals surface area contributed by atoms with Gasteiger partial charge in [-0.2, -0.15) is 0 Å². The second kappa shape index (κ2) is 9.54. The number of carboxylic acid groups (broad SMARTS) is 1. The maximum absolute atomic E-state index is 14.4. The fraction of sp³-hybridized carbons (Fsp3) is 0.476. The van der Waals surface area contributed by atoms with Crippen LogP contribution in [0.1, 0.15) is 39.2 Å². The third kappa shape index (κ3) is 6.58. The number of aliphatic carboxylic acids is 1. The Kier molecular flexibility index (Phi) is 7.36. The van der Waals surface area contributed by atoms with E-state index in [1.54, 1.807) is 39.0 Å². The van der Waals surface area contributed by atoms with Crippen molar-refractivity contribution in [2.24, 2.45) is 5.92 Å². The van der Waals surface area contributed by atoms with Crippen molar-refractivity contribution in [2.45, 2.75) is 45.6 Å². The number of carboxylic acids is 1. The minimum Gasteiger partial charge on any atom is -0.497 e. The van der Waals surface area contributed by atoms with Crippen molar-refractivity contribution in [3.05, 3.63) is 35.8 Å². The monoisotopic (exact) mass is 406 g/mol. The van der Waals surface area contributed by atoms with Gasteiger partial charge in [0.1, 0.15) is 17.2 Å². The summed E-state index contributed by atoms with van der Waals surface area (Å²) in [7, 11) is 1.53. The molecule has 0 fully saturated rings. The number of halogens is 1. The predicted octanol–water partition coefficient (Wildman–Crippen LogP) is 3.93. The Labute approximate surface area is 169 Å². The molecule has 1 amide bonds. The highest BCUT2D eigenvalue weighted by Gasteiger charge is 2.21. The Balaban J connectivity index is 2.02. The van der Waals surface area contributed by atoms with Crippen molar-refractivity contribution in [1.29, 1.82) is 0 Å². The first-order valence-electron chi connectivity index (χ1n) is 9.41. The van der Waals surface area contributed by atoms with Crippen molar-refractivity contribution >= 4 is 23.0 Å². The number of aryl methyl sites for hydroxylation is 1. The highest BCUT2D eigenvalue weighted by molar-refractivity contribution is 5.83. The number of ether oxygens (including phenoxy) is 2. The van der Waals surface area contributed by atoms with E-state index in [9.17, 15) is 19.1 Å². The highest BCUT2D eigenvalue weighted by atomic mass is 19.1. The van der Waals surface area contributed by atoms with Gasteiger partial charge in [0.05, 0.1) is 24.7 Å². The third-order valence-electron chi connectivity index (χ3n) is 4.35. The molecule has 0 bridgehead atoms. The van der Waals surface area contributed by atoms with E-state index >= 15 is 0 Å². The Morgan fingerprint density at radius 3 is 2.66 bits per heavy atom. The molecule has 0 aliphatic carbocycles. The first-order chi connectivity index (χ1) is 13.6. The molecule has 1 aromatic carbocycles. The fourth-order valence-corrected chi connectivity index (χ4v) is 2.94. The molecule has 1 aromatic heterocycles. The van der Waals surface area contributed by atoms with Crippen LogP contribution in [0.4, 0.5) is 9.18 Å².